The molecule has 2 aliphatic rings. The van der Waals surface area contributed by atoms with Crippen molar-refractivity contribution >= 4 is 9.84 Å². The molecule has 0 unspecified atom stereocenters. The van der Waals surface area contributed by atoms with E-state index in [4.69, 9.17) is 0 Å². The van der Waals surface area contributed by atoms with Crippen molar-refractivity contribution in [1.29, 1.82) is 0 Å². The first-order valence-corrected chi connectivity index (χ1v) is 6.40. The zero-order valence-corrected chi connectivity index (χ0v) is 7.99. The smallest absolute Gasteiger partial charge is 0.152 e. The average molecular weight is 189 g/mol. The average Bonchev–Trinajstić information content (AvgIpc) is 2.34. The largest absolute Gasteiger partial charge is 0.310 e. The van der Waals surface area contributed by atoms with Gasteiger partial charge in [0.25, 0.3) is 0 Å². The highest BCUT2D eigenvalue weighted by Crippen LogP contribution is 2.30. The molecule has 3 nitrogen and oxygen atoms in total. The second-order valence-corrected chi connectivity index (χ2v) is 6.19. The standard InChI is InChI=1S/C8H15NO2S/c10-12(11)6-2-4-8(7-12)3-1-5-9-8/h9H,1-7H2/t8-/m1/s1. The Labute approximate surface area is 73.5 Å². The van der Waals surface area contributed by atoms with Crippen molar-refractivity contribution < 1.29 is 8.42 Å². The molecule has 1 N–H and O–H groups in total. The van der Waals surface area contributed by atoms with Crippen LogP contribution in [0.5, 0.6) is 0 Å². The van der Waals surface area contributed by atoms with Gasteiger partial charge in [-0.1, -0.05) is 0 Å². The highest BCUT2D eigenvalue weighted by Gasteiger charge is 2.40. The van der Waals surface area contributed by atoms with Crippen LogP contribution in [0.2, 0.25) is 0 Å². The predicted molar refractivity (Wildman–Crippen MR) is 47.9 cm³/mol. The van der Waals surface area contributed by atoms with Gasteiger partial charge < -0.3 is 5.32 Å². The quantitative estimate of drug-likeness (QED) is 0.597. The van der Waals surface area contributed by atoms with Crippen molar-refractivity contribution in [3.05, 3.63) is 0 Å². The van der Waals surface area contributed by atoms with Crippen molar-refractivity contribution in [1.82, 2.24) is 5.32 Å². The van der Waals surface area contributed by atoms with Gasteiger partial charge in [-0.25, -0.2) is 8.42 Å². The van der Waals surface area contributed by atoms with Gasteiger partial charge in [0.2, 0.25) is 0 Å². The van der Waals surface area contributed by atoms with Gasteiger partial charge in [0.15, 0.2) is 9.84 Å². The van der Waals surface area contributed by atoms with Crippen LogP contribution in [0.1, 0.15) is 25.7 Å². The lowest BCUT2D eigenvalue weighted by atomic mass is 9.94. The molecule has 70 valence electrons. The van der Waals surface area contributed by atoms with Gasteiger partial charge in [-0.2, -0.15) is 0 Å². The molecule has 0 radical (unpaired) electrons. The predicted octanol–water partition coefficient (Wildman–Crippen LogP) is 0.317. The van der Waals surface area contributed by atoms with Crippen LogP contribution in [-0.2, 0) is 9.84 Å². The van der Waals surface area contributed by atoms with Gasteiger partial charge >= 0.3 is 0 Å². The van der Waals surface area contributed by atoms with Crippen molar-refractivity contribution in [3.63, 3.8) is 0 Å². The molecule has 2 heterocycles. The normalized spacial score (nSPS) is 40.3. The number of rotatable bonds is 0. The molecule has 2 rings (SSSR count). The molecule has 0 aromatic heterocycles. The third-order valence-corrected chi connectivity index (χ3v) is 4.84. The summed E-state index contributed by atoms with van der Waals surface area (Å²) in [6, 6.07) is 0. The Bertz CT molecular complexity index is 265. The first-order chi connectivity index (χ1) is 5.62. The van der Waals surface area contributed by atoms with E-state index in [1.54, 1.807) is 0 Å². The summed E-state index contributed by atoms with van der Waals surface area (Å²) in [7, 11) is -2.74. The first kappa shape index (κ1) is 8.51. The summed E-state index contributed by atoms with van der Waals surface area (Å²) in [4.78, 5) is 0. The molecule has 2 saturated heterocycles. The van der Waals surface area contributed by atoms with Crippen LogP contribution in [0.3, 0.4) is 0 Å². The monoisotopic (exact) mass is 189 g/mol. The number of sulfone groups is 1. The van der Waals surface area contributed by atoms with E-state index in [1.165, 1.54) is 0 Å². The van der Waals surface area contributed by atoms with Crippen LogP contribution < -0.4 is 5.32 Å². The fourth-order valence-electron chi connectivity index (χ4n) is 2.40. The summed E-state index contributed by atoms with van der Waals surface area (Å²) in [6.45, 7) is 0.996. The Morgan fingerprint density at radius 3 is 2.50 bits per heavy atom. The minimum atomic E-state index is -2.74. The second kappa shape index (κ2) is 2.70. The maximum Gasteiger partial charge on any atom is 0.152 e. The first-order valence-electron chi connectivity index (χ1n) is 4.57. The summed E-state index contributed by atoms with van der Waals surface area (Å²) >= 11 is 0. The van der Waals surface area contributed by atoms with E-state index in [-0.39, 0.29) is 5.54 Å². The molecular formula is C8H15NO2S. The number of hydrogen-bond donors (Lipinski definition) is 1. The van der Waals surface area contributed by atoms with Crippen LogP contribution in [0.4, 0.5) is 0 Å². The van der Waals surface area contributed by atoms with E-state index in [0.717, 1.165) is 32.2 Å². The molecular weight excluding hydrogens is 174 g/mol. The van der Waals surface area contributed by atoms with E-state index in [0.29, 0.717) is 11.5 Å². The fourth-order valence-corrected chi connectivity index (χ4v) is 4.36. The third kappa shape index (κ3) is 1.50. The van der Waals surface area contributed by atoms with Gasteiger partial charge in [-0.05, 0) is 32.2 Å². The Morgan fingerprint density at radius 2 is 1.92 bits per heavy atom. The second-order valence-electron chi connectivity index (χ2n) is 4.01. The molecule has 0 bridgehead atoms. The van der Waals surface area contributed by atoms with Crippen LogP contribution in [-0.4, -0.2) is 32.0 Å². The highest BCUT2D eigenvalue weighted by molar-refractivity contribution is 7.91. The third-order valence-electron chi connectivity index (χ3n) is 2.94. The van der Waals surface area contributed by atoms with Gasteiger partial charge in [-0.3, -0.25) is 0 Å². The lowest BCUT2D eigenvalue weighted by molar-refractivity contribution is 0.367. The molecule has 0 saturated carbocycles. The van der Waals surface area contributed by atoms with Crippen molar-refractivity contribution in [2.45, 2.75) is 31.2 Å². The molecule has 0 amide bonds. The van der Waals surface area contributed by atoms with Crippen LogP contribution in [0, 0.1) is 0 Å². The van der Waals surface area contributed by atoms with Crippen LogP contribution in [0.25, 0.3) is 0 Å². The van der Waals surface area contributed by atoms with Crippen molar-refractivity contribution in [2.24, 2.45) is 0 Å². The fraction of sp³-hybridized carbons (Fsp3) is 1.00. The van der Waals surface area contributed by atoms with E-state index in [1.807, 2.05) is 0 Å². The summed E-state index contributed by atoms with van der Waals surface area (Å²) in [5.41, 5.74) is -0.0307. The molecule has 0 aromatic carbocycles. The Balaban J connectivity index is 2.17. The molecule has 0 aliphatic carbocycles. The zero-order valence-electron chi connectivity index (χ0n) is 7.17. The highest BCUT2D eigenvalue weighted by atomic mass is 32.2. The lowest BCUT2D eigenvalue weighted by Crippen LogP contribution is -2.49. The summed E-state index contributed by atoms with van der Waals surface area (Å²) in [6.07, 6.45) is 4.07. The molecule has 1 atom stereocenters. The van der Waals surface area contributed by atoms with E-state index in [9.17, 15) is 8.42 Å². The van der Waals surface area contributed by atoms with E-state index >= 15 is 0 Å². The minimum absolute atomic E-state index is 0.0307. The van der Waals surface area contributed by atoms with Crippen LogP contribution in [0.15, 0.2) is 0 Å². The van der Waals surface area contributed by atoms with Gasteiger partial charge in [-0.15, -0.1) is 0 Å². The summed E-state index contributed by atoms with van der Waals surface area (Å²) in [5.74, 6) is 0.774. The van der Waals surface area contributed by atoms with Gasteiger partial charge in [0.1, 0.15) is 0 Å². The summed E-state index contributed by atoms with van der Waals surface area (Å²) in [5, 5.41) is 3.35. The lowest BCUT2D eigenvalue weighted by Gasteiger charge is -2.33. The maximum atomic E-state index is 11.4. The molecule has 2 fully saturated rings. The van der Waals surface area contributed by atoms with Crippen LogP contribution >= 0.6 is 0 Å². The van der Waals surface area contributed by atoms with Crippen molar-refractivity contribution in [2.75, 3.05) is 18.1 Å². The van der Waals surface area contributed by atoms with Gasteiger partial charge in [0, 0.05) is 5.54 Å². The molecule has 4 heteroatoms. The Morgan fingerprint density at radius 1 is 1.17 bits per heavy atom. The summed E-state index contributed by atoms with van der Waals surface area (Å²) < 4.78 is 22.7. The number of nitrogens with one attached hydrogen (secondary N) is 1. The molecule has 12 heavy (non-hydrogen) atoms. The Hall–Kier alpha value is -0.0900. The minimum Gasteiger partial charge on any atom is -0.310 e. The molecule has 0 aromatic rings. The Kier molecular flexibility index (Phi) is 1.92. The van der Waals surface area contributed by atoms with Gasteiger partial charge in [0.05, 0.1) is 11.5 Å². The van der Waals surface area contributed by atoms with E-state index < -0.39 is 9.84 Å². The topological polar surface area (TPSA) is 46.2 Å². The molecule has 1 spiro atoms. The van der Waals surface area contributed by atoms with Crippen molar-refractivity contribution in [3.8, 4) is 0 Å². The zero-order chi connectivity index (χ0) is 8.66. The van der Waals surface area contributed by atoms with E-state index in [2.05, 4.69) is 5.32 Å². The SMILES string of the molecule is O=S1(=O)CCC[C@]2(CCCN2)C1. The molecule has 2 aliphatic heterocycles. The number of hydrogen-bond acceptors (Lipinski definition) is 3. The maximum absolute atomic E-state index is 11.4.